The van der Waals surface area contributed by atoms with E-state index in [-0.39, 0.29) is 17.9 Å². The molecule has 0 bridgehead atoms. The van der Waals surface area contributed by atoms with Gasteiger partial charge in [-0.1, -0.05) is 66.7 Å². The molecule has 2 atom stereocenters. The topological polar surface area (TPSA) is 149 Å². The predicted octanol–water partition coefficient (Wildman–Crippen LogP) is 4.58. The van der Waals surface area contributed by atoms with Gasteiger partial charge in [0.05, 0.1) is 23.5 Å². The van der Waals surface area contributed by atoms with Crippen LogP contribution in [0.4, 0.5) is 22.7 Å². The van der Waals surface area contributed by atoms with E-state index in [4.69, 9.17) is 4.74 Å². The van der Waals surface area contributed by atoms with Gasteiger partial charge in [-0.05, 0) is 73.7 Å². The number of rotatable bonds is 11. The van der Waals surface area contributed by atoms with Crippen LogP contribution >= 0.6 is 0 Å². The van der Waals surface area contributed by atoms with Gasteiger partial charge < -0.3 is 30.1 Å². The molecule has 7 rings (SSSR count). The fourth-order valence-electron chi connectivity index (χ4n) is 7.26. The van der Waals surface area contributed by atoms with Crippen molar-refractivity contribution in [3.8, 4) is 0 Å². The van der Waals surface area contributed by atoms with Gasteiger partial charge in [0, 0.05) is 37.6 Å². The fraction of sp³-hybridized carbons (Fsp3) is 0.286. The number of nitrogens with one attached hydrogen (secondary N) is 2. The number of anilines is 4. The number of carbonyl (C=O) groups is 6. The number of Topliss-reactive ketones (excluding diaryl/α,β-unsaturated/α-hetero) is 2. The van der Waals surface area contributed by atoms with Crippen LogP contribution in [-0.2, 0) is 35.3 Å². The highest BCUT2D eigenvalue weighted by Gasteiger charge is 2.48. The molecule has 4 aromatic rings. The SMILES string of the molecule is O=C(CN1C(C(=O)C(=O)N2CCCC2)Nc2ccccc2N(c2ccccc2)C1C(=O)C(=O)N1CCCC1)Nc1cccc(C(=O)OCc2ccccc2)c1. The first-order valence-electron chi connectivity index (χ1n) is 18.5. The van der Waals surface area contributed by atoms with Gasteiger partial charge in [-0.3, -0.25) is 24.0 Å². The molecule has 13 heteroatoms. The molecule has 0 aliphatic carbocycles. The minimum Gasteiger partial charge on any atom is -0.457 e. The molecule has 0 radical (unpaired) electrons. The Morgan fingerprint density at radius 3 is 1.95 bits per heavy atom. The molecular formula is C42H42N6O7. The molecule has 2 unspecified atom stereocenters. The largest absolute Gasteiger partial charge is 0.457 e. The number of likely N-dealkylation sites (tertiary alicyclic amines) is 2. The van der Waals surface area contributed by atoms with Crippen molar-refractivity contribution >= 4 is 58.0 Å². The van der Waals surface area contributed by atoms with Gasteiger partial charge in [0.25, 0.3) is 23.4 Å². The van der Waals surface area contributed by atoms with Crippen LogP contribution in [0.25, 0.3) is 0 Å². The van der Waals surface area contributed by atoms with Crippen LogP contribution in [-0.4, -0.2) is 95.0 Å². The first-order chi connectivity index (χ1) is 26.8. The number of benzene rings is 4. The molecular weight excluding hydrogens is 700 g/mol. The first-order valence-corrected chi connectivity index (χ1v) is 18.5. The molecule has 13 nitrogen and oxygen atoms in total. The Morgan fingerprint density at radius 2 is 1.27 bits per heavy atom. The molecule has 3 heterocycles. The molecule has 2 saturated heterocycles. The van der Waals surface area contributed by atoms with Gasteiger partial charge in [-0.2, -0.15) is 0 Å². The Kier molecular flexibility index (Phi) is 11.3. The van der Waals surface area contributed by atoms with Crippen molar-refractivity contribution in [2.45, 2.75) is 44.6 Å². The maximum atomic E-state index is 14.8. The standard InChI is InChI=1S/C42H42N6O7/c49-35(43-31-17-13-16-30(26-31)42(54)55-28-29-14-3-1-4-15-29)27-47-38(36(50)40(52)45-22-9-10-23-45)44-33-20-7-8-21-34(33)48(32-18-5-2-6-19-32)39(47)37(51)41(53)46-24-11-12-25-46/h1-8,13-21,26,38-39,44H,9-12,22-25,27-28H2,(H,43,49). The van der Waals surface area contributed by atoms with E-state index in [1.807, 2.05) is 36.4 Å². The third-order valence-electron chi connectivity index (χ3n) is 9.99. The number of hydrogen-bond acceptors (Lipinski definition) is 10. The lowest BCUT2D eigenvalue weighted by Gasteiger charge is -2.40. The zero-order valence-electron chi connectivity index (χ0n) is 30.3. The van der Waals surface area contributed by atoms with Crippen molar-refractivity contribution in [3.05, 3.63) is 120 Å². The lowest BCUT2D eigenvalue weighted by molar-refractivity contribution is -0.150. The number of ether oxygens (including phenoxy) is 1. The number of carbonyl (C=O) groups excluding carboxylic acids is 6. The summed E-state index contributed by atoms with van der Waals surface area (Å²) in [6, 6.07) is 31.4. The maximum Gasteiger partial charge on any atom is 0.338 e. The van der Waals surface area contributed by atoms with Crippen LogP contribution in [0.5, 0.6) is 0 Å². The van der Waals surface area contributed by atoms with Gasteiger partial charge in [0.15, 0.2) is 12.3 Å². The van der Waals surface area contributed by atoms with Crippen LogP contribution in [0.3, 0.4) is 0 Å². The first kappa shape index (κ1) is 37.0. The minimum atomic E-state index is -1.53. The number of fused-ring (bicyclic) bond motifs is 1. The van der Waals surface area contributed by atoms with E-state index < -0.39 is 54.1 Å². The van der Waals surface area contributed by atoms with Gasteiger partial charge in [-0.15, -0.1) is 0 Å². The minimum absolute atomic E-state index is 0.0651. The number of para-hydroxylation sites is 3. The molecule has 3 aliphatic rings. The Balaban J connectivity index is 1.25. The van der Waals surface area contributed by atoms with Crippen molar-refractivity contribution in [3.63, 3.8) is 0 Å². The Bertz CT molecular complexity index is 2060. The lowest BCUT2D eigenvalue weighted by Crippen LogP contribution is -2.63. The van der Waals surface area contributed by atoms with Crippen molar-refractivity contribution < 1.29 is 33.5 Å². The van der Waals surface area contributed by atoms with E-state index in [9.17, 15) is 28.8 Å². The van der Waals surface area contributed by atoms with Crippen molar-refractivity contribution in [2.24, 2.45) is 0 Å². The van der Waals surface area contributed by atoms with Gasteiger partial charge in [0.2, 0.25) is 5.91 Å². The summed E-state index contributed by atoms with van der Waals surface area (Å²) in [4.78, 5) is 90.0. The number of amides is 3. The highest BCUT2D eigenvalue weighted by atomic mass is 16.5. The average molecular weight is 743 g/mol. The number of nitrogens with zero attached hydrogens (tertiary/aromatic N) is 4. The average Bonchev–Trinajstić information content (AvgIpc) is 3.95. The summed E-state index contributed by atoms with van der Waals surface area (Å²) in [5, 5.41) is 5.99. The zero-order valence-corrected chi connectivity index (χ0v) is 30.3. The second-order valence-electron chi connectivity index (χ2n) is 13.7. The highest BCUT2D eigenvalue weighted by molar-refractivity contribution is 6.40. The van der Waals surface area contributed by atoms with Gasteiger partial charge in [0.1, 0.15) is 6.61 Å². The van der Waals surface area contributed by atoms with Crippen molar-refractivity contribution in [2.75, 3.05) is 48.3 Å². The Hall–Kier alpha value is -6.34. The van der Waals surface area contributed by atoms with Crippen LogP contribution in [0.15, 0.2) is 109 Å². The van der Waals surface area contributed by atoms with E-state index in [1.54, 1.807) is 71.6 Å². The molecule has 4 aromatic carbocycles. The van der Waals surface area contributed by atoms with Crippen LogP contribution in [0, 0.1) is 0 Å². The van der Waals surface area contributed by atoms with Gasteiger partial charge in [-0.25, -0.2) is 9.69 Å². The number of ketones is 2. The smallest absolute Gasteiger partial charge is 0.338 e. The summed E-state index contributed by atoms with van der Waals surface area (Å²) < 4.78 is 5.48. The fourth-order valence-corrected chi connectivity index (χ4v) is 7.26. The normalized spacial score (nSPS) is 18.1. The molecule has 55 heavy (non-hydrogen) atoms. The van der Waals surface area contributed by atoms with E-state index in [0.717, 1.165) is 31.2 Å². The number of esters is 1. The monoisotopic (exact) mass is 742 g/mol. The predicted molar refractivity (Wildman–Crippen MR) is 205 cm³/mol. The Morgan fingerprint density at radius 1 is 0.673 bits per heavy atom. The Labute approximate surface area is 318 Å². The summed E-state index contributed by atoms with van der Waals surface area (Å²) in [6.45, 7) is 1.08. The van der Waals surface area contributed by atoms with Crippen LogP contribution in [0.2, 0.25) is 0 Å². The summed E-state index contributed by atoms with van der Waals surface area (Å²) in [7, 11) is 0. The molecule has 0 saturated carbocycles. The second kappa shape index (κ2) is 16.8. The molecule has 2 N–H and O–H groups in total. The molecule has 2 fully saturated rings. The molecule has 3 amide bonds. The third-order valence-corrected chi connectivity index (χ3v) is 9.99. The quantitative estimate of drug-likeness (QED) is 0.165. The molecule has 282 valence electrons. The van der Waals surface area contributed by atoms with E-state index in [2.05, 4.69) is 10.6 Å². The van der Waals surface area contributed by atoms with E-state index >= 15 is 0 Å². The summed E-state index contributed by atoms with van der Waals surface area (Å²) in [6.07, 6.45) is -0.0683. The van der Waals surface area contributed by atoms with E-state index in [1.165, 1.54) is 20.8 Å². The van der Waals surface area contributed by atoms with Crippen LogP contribution in [0.1, 0.15) is 41.6 Å². The summed E-state index contributed by atoms with van der Waals surface area (Å²) in [5.41, 5.74) is 2.70. The summed E-state index contributed by atoms with van der Waals surface area (Å²) in [5.74, 6) is -4.46. The summed E-state index contributed by atoms with van der Waals surface area (Å²) >= 11 is 0. The van der Waals surface area contributed by atoms with Crippen molar-refractivity contribution in [1.82, 2.24) is 14.7 Å². The molecule has 0 aromatic heterocycles. The third kappa shape index (κ3) is 8.26. The lowest BCUT2D eigenvalue weighted by atomic mass is 10.1. The zero-order chi connectivity index (χ0) is 38.3. The molecule has 0 spiro atoms. The highest BCUT2D eigenvalue weighted by Crippen LogP contribution is 2.39. The number of hydrogen-bond donors (Lipinski definition) is 2. The van der Waals surface area contributed by atoms with Crippen molar-refractivity contribution in [1.29, 1.82) is 0 Å². The van der Waals surface area contributed by atoms with Gasteiger partial charge >= 0.3 is 5.97 Å². The van der Waals surface area contributed by atoms with E-state index in [0.29, 0.717) is 43.2 Å². The maximum absolute atomic E-state index is 14.8. The second-order valence-corrected chi connectivity index (χ2v) is 13.7. The molecule has 3 aliphatic heterocycles. The van der Waals surface area contributed by atoms with Crippen LogP contribution < -0.4 is 15.5 Å².